The van der Waals surface area contributed by atoms with Crippen molar-refractivity contribution in [1.29, 1.82) is 0 Å². The summed E-state index contributed by atoms with van der Waals surface area (Å²) >= 11 is 3.05. The monoisotopic (exact) mass is 413 g/mol. The van der Waals surface area contributed by atoms with E-state index in [-0.39, 0.29) is 11.9 Å². The highest BCUT2D eigenvalue weighted by Crippen LogP contribution is 2.38. The number of methoxy groups -OCH3 is 1. The molecule has 7 nitrogen and oxygen atoms in total. The zero-order chi connectivity index (χ0) is 19.7. The molecule has 9 heteroatoms. The van der Waals surface area contributed by atoms with Crippen molar-refractivity contribution in [3.63, 3.8) is 0 Å². The van der Waals surface area contributed by atoms with Crippen LogP contribution in [0.5, 0.6) is 5.75 Å². The maximum atomic E-state index is 13.3. The average molecular weight is 414 g/mol. The molecule has 4 rings (SSSR count). The summed E-state index contributed by atoms with van der Waals surface area (Å²) in [7, 11) is 1.58. The number of benzene rings is 1. The molecule has 0 spiro atoms. The van der Waals surface area contributed by atoms with Crippen molar-refractivity contribution >= 4 is 40.6 Å². The highest BCUT2D eigenvalue weighted by atomic mass is 32.2. The molecule has 2 aromatic heterocycles. The van der Waals surface area contributed by atoms with Crippen LogP contribution < -0.4 is 15.4 Å². The molecule has 1 unspecified atom stereocenters. The SMILES string of the molecule is COc1ccccc1NC(=O)C1=C(C)Nc2nc(SC)nn2C1c1cccs1. The van der Waals surface area contributed by atoms with E-state index in [1.165, 1.54) is 11.8 Å². The van der Waals surface area contributed by atoms with Gasteiger partial charge in [0.05, 0.1) is 18.4 Å². The minimum Gasteiger partial charge on any atom is -0.495 e. The van der Waals surface area contributed by atoms with E-state index in [9.17, 15) is 4.79 Å². The number of anilines is 2. The zero-order valence-corrected chi connectivity index (χ0v) is 17.2. The number of nitrogens with one attached hydrogen (secondary N) is 2. The van der Waals surface area contributed by atoms with Crippen LogP contribution in [0.3, 0.4) is 0 Å². The van der Waals surface area contributed by atoms with Crippen LogP contribution in [0.2, 0.25) is 0 Å². The molecular weight excluding hydrogens is 394 g/mol. The number of amides is 1. The van der Waals surface area contributed by atoms with Gasteiger partial charge in [0.1, 0.15) is 11.8 Å². The average Bonchev–Trinajstić information content (AvgIpc) is 3.36. The second-order valence-electron chi connectivity index (χ2n) is 6.10. The van der Waals surface area contributed by atoms with Crippen molar-refractivity contribution in [2.75, 3.05) is 24.0 Å². The van der Waals surface area contributed by atoms with Crippen LogP contribution >= 0.6 is 23.1 Å². The van der Waals surface area contributed by atoms with Crippen molar-refractivity contribution in [3.05, 3.63) is 57.9 Å². The number of nitrogens with zero attached hydrogens (tertiary/aromatic N) is 3. The summed E-state index contributed by atoms with van der Waals surface area (Å²) in [4.78, 5) is 18.8. The summed E-state index contributed by atoms with van der Waals surface area (Å²) in [6.07, 6.45) is 1.93. The molecule has 0 fully saturated rings. The zero-order valence-electron chi connectivity index (χ0n) is 15.6. The van der Waals surface area contributed by atoms with E-state index >= 15 is 0 Å². The van der Waals surface area contributed by atoms with Gasteiger partial charge in [0, 0.05) is 10.6 Å². The van der Waals surface area contributed by atoms with E-state index in [0.29, 0.717) is 28.1 Å². The Morgan fingerprint density at radius 2 is 2.14 bits per heavy atom. The van der Waals surface area contributed by atoms with Crippen LogP contribution in [0, 0.1) is 0 Å². The number of hydrogen-bond donors (Lipinski definition) is 2. The highest BCUT2D eigenvalue weighted by Gasteiger charge is 2.35. The van der Waals surface area contributed by atoms with Gasteiger partial charge in [-0.25, -0.2) is 4.68 Å². The van der Waals surface area contributed by atoms with E-state index in [4.69, 9.17) is 4.74 Å². The first kappa shape index (κ1) is 18.6. The van der Waals surface area contributed by atoms with Crippen molar-refractivity contribution < 1.29 is 9.53 Å². The molecule has 1 amide bonds. The van der Waals surface area contributed by atoms with Gasteiger partial charge < -0.3 is 15.4 Å². The molecule has 0 saturated heterocycles. The van der Waals surface area contributed by atoms with Crippen LogP contribution in [0.4, 0.5) is 11.6 Å². The number of allylic oxidation sites excluding steroid dienone is 1. The fourth-order valence-electron chi connectivity index (χ4n) is 3.16. The van der Waals surface area contributed by atoms with Gasteiger partial charge in [0.2, 0.25) is 11.1 Å². The Hall–Kier alpha value is -2.78. The van der Waals surface area contributed by atoms with E-state index in [1.54, 1.807) is 23.1 Å². The summed E-state index contributed by atoms with van der Waals surface area (Å²) in [6.45, 7) is 1.88. The molecule has 2 N–H and O–H groups in total. The molecule has 0 saturated carbocycles. The van der Waals surface area contributed by atoms with Gasteiger partial charge in [-0.3, -0.25) is 4.79 Å². The van der Waals surface area contributed by atoms with Gasteiger partial charge in [-0.2, -0.15) is 4.98 Å². The molecule has 3 aromatic rings. The summed E-state index contributed by atoms with van der Waals surface area (Å²) in [6, 6.07) is 11.0. The van der Waals surface area contributed by atoms with Crippen LogP contribution in [-0.2, 0) is 4.79 Å². The highest BCUT2D eigenvalue weighted by molar-refractivity contribution is 7.98. The molecule has 0 radical (unpaired) electrons. The molecular formula is C19H19N5O2S2. The van der Waals surface area contributed by atoms with E-state index in [0.717, 1.165) is 10.6 Å². The van der Waals surface area contributed by atoms with Crippen molar-refractivity contribution in [2.45, 2.75) is 18.1 Å². The van der Waals surface area contributed by atoms with E-state index in [2.05, 4.69) is 20.7 Å². The lowest BCUT2D eigenvalue weighted by molar-refractivity contribution is -0.113. The van der Waals surface area contributed by atoms with Crippen LogP contribution in [0.1, 0.15) is 17.8 Å². The smallest absolute Gasteiger partial charge is 0.256 e. The number of aromatic nitrogens is 3. The minimum atomic E-state index is -0.348. The third-order valence-corrected chi connectivity index (χ3v) is 5.89. The van der Waals surface area contributed by atoms with Crippen molar-refractivity contribution in [2.24, 2.45) is 0 Å². The topological polar surface area (TPSA) is 81.1 Å². The van der Waals surface area contributed by atoms with E-state index < -0.39 is 0 Å². The Balaban J connectivity index is 1.76. The number of para-hydroxylation sites is 2. The maximum Gasteiger partial charge on any atom is 0.256 e. The number of ether oxygens (including phenoxy) is 1. The Kier molecular flexibility index (Phi) is 5.10. The number of carbonyl (C=O) groups excluding carboxylic acids is 1. The predicted octanol–water partition coefficient (Wildman–Crippen LogP) is 4.00. The largest absolute Gasteiger partial charge is 0.495 e. The first-order chi connectivity index (χ1) is 13.6. The van der Waals surface area contributed by atoms with Crippen LogP contribution in [0.15, 0.2) is 58.2 Å². The Morgan fingerprint density at radius 3 is 2.86 bits per heavy atom. The summed E-state index contributed by atoms with van der Waals surface area (Å²) in [5.41, 5.74) is 1.96. The number of thiophene rings is 1. The number of fused-ring (bicyclic) bond motifs is 1. The summed E-state index contributed by atoms with van der Waals surface area (Å²) < 4.78 is 7.14. The molecule has 28 heavy (non-hydrogen) atoms. The third-order valence-electron chi connectivity index (χ3n) is 4.43. The fourth-order valence-corrected chi connectivity index (χ4v) is 4.32. The molecule has 1 aromatic carbocycles. The number of hydrogen-bond acceptors (Lipinski definition) is 7. The number of thioether (sulfide) groups is 1. The first-order valence-electron chi connectivity index (χ1n) is 8.58. The van der Waals surface area contributed by atoms with Gasteiger partial charge in [0.25, 0.3) is 5.91 Å². The third kappa shape index (κ3) is 3.27. The van der Waals surface area contributed by atoms with Gasteiger partial charge in [-0.05, 0) is 36.8 Å². The summed E-state index contributed by atoms with van der Waals surface area (Å²) in [5, 5.41) is 13.4. The lowest BCUT2D eigenvalue weighted by Crippen LogP contribution is -2.31. The second kappa shape index (κ2) is 7.69. The maximum absolute atomic E-state index is 13.3. The molecule has 1 aliphatic rings. The summed E-state index contributed by atoms with van der Waals surface area (Å²) in [5.74, 6) is 1.03. The van der Waals surface area contributed by atoms with E-state index in [1.807, 2.05) is 55.0 Å². The van der Waals surface area contributed by atoms with Gasteiger partial charge in [0.15, 0.2) is 0 Å². The van der Waals surface area contributed by atoms with Gasteiger partial charge in [-0.15, -0.1) is 16.4 Å². The van der Waals surface area contributed by atoms with Gasteiger partial charge >= 0.3 is 0 Å². The Bertz CT molecular complexity index is 1040. The predicted molar refractivity (Wildman–Crippen MR) is 112 cm³/mol. The first-order valence-corrected chi connectivity index (χ1v) is 10.7. The van der Waals surface area contributed by atoms with Crippen LogP contribution in [-0.4, -0.2) is 34.0 Å². The quantitative estimate of drug-likeness (QED) is 0.616. The molecule has 144 valence electrons. The standard InChI is InChI=1S/C19H19N5O2S2/c1-11-15(17(25)21-12-7-4-5-8-13(12)26-2)16(14-9-6-10-28-14)24-18(20-11)22-19(23-24)27-3/h4-10,16H,1-3H3,(H,21,25)(H,20,22,23). The Morgan fingerprint density at radius 1 is 1.32 bits per heavy atom. The normalized spacial score (nSPS) is 15.8. The lowest BCUT2D eigenvalue weighted by Gasteiger charge is -2.27. The molecule has 0 aliphatic carbocycles. The molecule has 0 bridgehead atoms. The van der Waals surface area contributed by atoms with Crippen LogP contribution in [0.25, 0.3) is 0 Å². The minimum absolute atomic E-state index is 0.209. The number of rotatable bonds is 5. The Labute approximate surface area is 170 Å². The molecule has 3 heterocycles. The second-order valence-corrected chi connectivity index (χ2v) is 7.86. The number of carbonyl (C=O) groups is 1. The van der Waals surface area contributed by atoms with Gasteiger partial charge in [-0.1, -0.05) is 30.0 Å². The fraction of sp³-hybridized carbons (Fsp3) is 0.211. The van der Waals surface area contributed by atoms with Crippen molar-refractivity contribution in [3.8, 4) is 5.75 Å². The van der Waals surface area contributed by atoms with Crippen molar-refractivity contribution in [1.82, 2.24) is 14.8 Å². The molecule has 1 aliphatic heterocycles. The lowest BCUT2D eigenvalue weighted by atomic mass is 10.0. The molecule has 1 atom stereocenters.